The summed E-state index contributed by atoms with van der Waals surface area (Å²) in [5.74, 6) is 0.497. The largest absolute Gasteiger partial charge is 0.388 e. The lowest BCUT2D eigenvalue weighted by Gasteiger charge is -2.32. The third-order valence-electron chi connectivity index (χ3n) is 4.20. The molecule has 0 amide bonds. The van der Waals surface area contributed by atoms with E-state index in [0.29, 0.717) is 45.1 Å². The first-order valence-electron chi connectivity index (χ1n) is 7.79. The Morgan fingerprint density at radius 3 is 2.29 bits per heavy atom. The van der Waals surface area contributed by atoms with Gasteiger partial charge in [-0.3, -0.25) is 0 Å². The normalized spacial score (nSPS) is 19.7. The molecule has 1 aliphatic rings. The third kappa shape index (κ3) is 4.78. The van der Waals surface area contributed by atoms with Crippen LogP contribution in [0.3, 0.4) is 0 Å². The summed E-state index contributed by atoms with van der Waals surface area (Å²) in [6.07, 6.45) is 0.757. The van der Waals surface area contributed by atoms with Crippen LogP contribution in [-0.4, -0.2) is 42.1 Å². The second kappa shape index (κ2) is 7.36. The monoisotopic (exact) mass is 293 g/mol. The van der Waals surface area contributed by atoms with Crippen LogP contribution < -0.4 is 5.32 Å². The minimum Gasteiger partial charge on any atom is -0.388 e. The maximum Gasteiger partial charge on any atom is 0.0914 e. The Hall–Kier alpha value is -0.940. The Morgan fingerprint density at radius 1 is 1.14 bits per heavy atom. The number of hydrogen-bond acceptors (Lipinski definition) is 4. The van der Waals surface area contributed by atoms with Gasteiger partial charge in [0.05, 0.1) is 11.7 Å². The average Bonchev–Trinajstić information content (AvgIpc) is 2.48. The Bertz CT molecular complexity index is 424. The van der Waals surface area contributed by atoms with Crippen LogP contribution in [0.15, 0.2) is 24.3 Å². The van der Waals surface area contributed by atoms with Gasteiger partial charge in [-0.2, -0.15) is 0 Å². The molecule has 1 aromatic carbocycles. The van der Waals surface area contributed by atoms with Crippen LogP contribution >= 0.6 is 0 Å². The summed E-state index contributed by atoms with van der Waals surface area (Å²) < 4.78 is 5.25. The molecule has 0 aromatic heterocycles. The summed E-state index contributed by atoms with van der Waals surface area (Å²) in [6, 6.07) is 8.08. The SMILES string of the molecule is CC(C)c1ccc(C(O)CNCC2(O)CCOCC2)cc1. The molecule has 0 aliphatic carbocycles. The highest BCUT2D eigenvalue weighted by atomic mass is 16.5. The van der Waals surface area contributed by atoms with Gasteiger partial charge in [0.1, 0.15) is 0 Å². The van der Waals surface area contributed by atoms with Gasteiger partial charge in [0.2, 0.25) is 0 Å². The second-order valence-electron chi connectivity index (χ2n) is 6.30. The predicted octanol–water partition coefficient (Wildman–Crippen LogP) is 1.97. The molecule has 1 atom stereocenters. The molecule has 1 aliphatic heterocycles. The summed E-state index contributed by atoms with van der Waals surface area (Å²) in [6.45, 7) is 6.47. The maximum absolute atomic E-state index is 10.3. The molecule has 4 heteroatoms. The first kappa shape index (κ1) is 16.4. The topological polar surface area (TPSA) is 61.7 Å². The van der Waals surface area contributed by atoms with Crippen LogP contribution in [0.4, 0.5) is 0 Å². The van der Waals surface area contributed by atoms with Crippen LogP contribution in [0.2, 0.25) is 0 Å². The molecular weight excluding hydrogens is 266 g/mol. The van der Waals surface area contributed by atoms with Gasteiger partial charge in [-0.25, -0.2) is 0 Å². The molecule has 21 heavy (non-hydrogen) atoms. The molecule has 3 N–H and O–H groups in total. The lowest BCUT2D eigenvalue weighted by atomic mass is 9.94. The van der Waals surface area contributed by atoms with Crippen LogP contribution in [0, 0.1) is 0 Å². The third-order valence-corrected chi connectivity index (χ3v) is 4.20. The lowest BCUT2D eigenvalue weighted by Crippen LogP contribution is -2.45. The summed E-state index contributed by atoms with van der Waals surface area (Å²) in [5.41, 5.74) is 1.49. The van der Waals surface area contributed by atoms with E-state index in [1.54, 1.807) is 0 Å². The number of ether oxygens (including phenoxy) is 1. The Morgan fingerprint density at radius 2 is 1.71 bits per heavy atom. The molecule has 2 rings (SSSR count). The molecule has 0 radical (unpaired) electrons. The van der Waals surface area contributed by atoms with E-state index in [1.165, 1.54) is 5.56 Å². The van der Waals surface area contributed by atoms with E-state index >= 15 is 0 Å². The maximum atomic E-state index is 10.3. The van der Waals surface area contributed by atoms with Gasteiger partial charge in [-0.1, -0.05) is 38.1 Å². The van der Waals surface area contributed by atoms with Crippen molar-refractivity contribution in [2.24, 2.45) is 0 Å². The smallest absolute Gasteiger partial charge is 0.0914 e. The molecule has 4 nitrogen and oxygen atoms in total. The van der Waals surface area contributed by atoms with Crippen molar-refractivity contribution in [2.45, 2.75) is 44.3 Å². The average molecular weight is 293 g/mol. The van der Waals surface area contributed by atoms with E-state index in [9.17, 15) is 10.2 Å². The van der Waals surface area contributed by atoms with Crippen LogP contribution in [-0.2, 0) is 4.74 Å². The van der Waals surface area contributed by atoms with Crippen LogP contribution in [0.5, 0.6) is 0 Å². The molecule has 0 bridgehead atoms. The van der Waals surface area contributed by atoms with Gasteiger partial charge in [-0.05, 0) is 17.0 Å². The fourth-order valence-corrected chi connectivity index (χ4v) is 2.59. The van der Waals surface area contributed by atoms with Gasteiger partial charge in [0.25, 0.3) is 0 Å². The summed E-state index contributed by atoms with van der Waals surface area (Å²) in [4.78, 5) is 0. The minimum absolute atomic E-state index is 0.449. The summed E-state index contributed by atoms with van der Waals surface area (Å²) >= 11 is 0. The zero-order valence-corrected chi connectivity index (χ0v) is 13.0. The second-order valence-corrected chi connectivity index (χ2v) is 6.30. The predicted molar refractivity (Wildman–Crippen MR) is 83.4 cm³/mol. The first-order valence-corrected chi connectivity index (χ1v) is 7.79. The highest BCUT2D eigenvalue weighted by Crippen LogP contribution is 2.21. The number of hydrogen-bond donors (Lipinski definition) is 3. The van der Waals surface area contributed by atoms with E-state index in [2.05, 4.69) is 31.3 Å². The molecule has 0 spiro atoms. The Kier molecular flexibility index (Phi) is 5.76. The quantitative estimate of drug-likeness (QED) is 0.750. The fraction of sp³-hybridized carbons (Fsp3) is 0.647. The van der Waals surface area contributed by atoms with Crippen molar-refractivity contribution in [3.05, 3.63) is 35.4 Å². The summed E-state index contributed by atoms with van der Waals surface area (Å²) in [5, 5.41) is 23.7. The van der Waals surface area contributed by atoms with Crippen LogP contribution in [0.1, 0.15) is 49.8 Å². The fourth-order valence-electron chi connectivity index (χ4n) is 2.59. The molecule has 1 aromatic rings. The highest BCUT2D eigenvalue weighted by molar-refractivity contribution is 5.26. The van der Waals surface area contributed by atoms with E-state index in [-0.39, 0.29) is 0 Å². The van der Waals surface area contributed by atoms with Crippen molar-refractivity contribution in [3.8, 4) is 0 Å². The number of benzene rings is 1. The van der Waals surface area contributed by atoms with Gasteiger partial charge in [0.15, 0.2) is 0 Å². The first-order chi connectivity index (χ1) is 10.0. The summed E-state index contributed by atoms with van der Waals surface area (Å²) in [7, 11) is 0. The zero-order chi connectivity index (χ0) is 15.3. The van der Waals surface area contributed by atoms with Gasteiger partial charge in [0, 0.05) is 39.1 Å². The number of rotatable bonds is 6. The number of nitrogens with one attached hydrogen (secondary N) is 1. The van der Waals surface area contributed by atoms with Crippen LogP contribution in [0.25, 0.3) is 0 Å². The van der Waals surface area contributed by atoms with Gasteiger partial charge < -0.3 is 20.3 Å². The molecule has 1 saturated heterocycles. The Labute approximate surface area is 127 Å². The minimum atomic E-state index is -0.695. The van der Waals surface area contributed by atoms with E-state index < -0.39 is 11.7 Å². The van der Waals surface area contributed by atoms with Gasteiger partial charge in [-0.15, -0.1) is 0 Å². The van der Waals surface area contributed by atoms with Crippen molar-refractivity contribution in [3.63, 3.8) is 0 Å². The molecule has 1 heterocycles. The molecule has 0 saturated carbocycles. The molecule has 118 valence electrons. The molecular formula is C17H27NO3. The van der Waals surface area contributed by atoms with E-state index in [4.69, 9.17) is 4.74 Å². The number of aliphatic hydroxyl groups is 2. The molecule has 1 fully saturated rings. The van der Waals surface area contributed by atoms with Crippen molar-refractivity contribution in [2.75, 3.05) is 26.3 Å². The Balaban J connectivity index is 1.79. The highest BCUT2D eigenvalue weighted by Gasteiger charge is 2.29. The molecule has 1 unspecified atom stereocenters. The van der Waals surface area contributed by atoms with Crippen molar-refractivity contribution in [1.82, 2.24) is 5.32 Å². The van der Waals surface area contributed by atoms with Gasteiger partial charge >= 0.3 is 0 Å². The zero-order valence-electron chi connectivity index (χ0n) is 13.0. The lowest BCUT2D eigenvalue weighted by molar-refractivity contribution is -0.0623. The van der Waals surface area contributed by atoms with E-state index in [1.807, 2.05) is 12.1 Å². The standard InChI is InChI=1S/C17H27NO3/c1-13(2)14-3-5-15(6-4-14)16(19)11-18-12-17(20)7-9-21-10-8-17/h3-6,13,16,18-20H,7-12H2,1-2H3. The van der Waals surface area contributed by atoms with E-state index in [0.717, 1.165) is 5.56 Å². The van der Waals surface area contributed by atoms with Crippen molar-refractivity contribution < 1.29 is 14.9 Å². The number of aliphatic hydroxyl groups excluding tert-OH is 1. The van der Waals surface area contributed by atoms with Crippen molar-refractivity contribution in [1.29, 1.82) is 0 Å². The van der Waals surface area contributed by atoms with Crippen molar-refractivity contribution >= 4 is 0 Å².